The second-order valence-electron chi connectivity index (χ2n) is 5.35. The van der Waals surface area contributed by atoms with Crippen LogP contribution < -0.4 is 4.72 Å². The number of hydrogen-bond acceptors (Lipinski definition) is 1. The van der Waals surface area contributed by atoms with Gasteiger partial charge >= 0.3 is 0 Å². The molecule has 0 heterocycles. The topological polar surface area (TPSA) is 29.1 Å². The van der Waals surface area contributed by atoms with Gasteiger partial charge in [-0.2, -0.15) is 0 Å². The fourth-order valence-electron chi connectivity index (χ4n) is 1.29. The van der Waals surface area contributed by atoms with Crippen LogP contribution in [0.5, 0.6) is 0 Å². The Morgan fingerprint density at radius 3 is 2.27 bits per heavy atom. The van der Waals surface area contributed by atoms with Crippen molar-refractivity contribution in [1.29, 1.82) is 0 Å². The zero-order valence-corrected chi connectivity index (χ0v) is 11.5. The first-order valence-corrected chi connectivity index (χ1v) is 6.71. The van der Waals surface area contributed by atoms with Crippen LogP contribution in [0.4, 0.5) is 0 Å². The summed E-state index contributed by atoms with van der Waals surface area (Å²) in [6.07, 6.45) is 3.80. The van der Waals surface area contributed by atoms with Crippen molar-refractivity contribution < 1.29 is 4.21 Å². The van der Waals surface area contributed by atoms with E-state index >= 15 is 0 Å². The Hall–Kier alpha value is -0.150. The van der Waals surface area contributed by atoms with E-state index in [0.29, 0.717) is 5.92 Å². The smallest absolute Gasteiger partial charge is 0.0972 e. The summed E-state index contributed by atoms with van der Waals surface area (Å²) in [5.41, 5.74) is 0. The van der Waals surface area contributed by atoms with Gasteiger partial charge in [-0.15, -0.1) is 6.58 Å². The summed E-state index contributed by atoms with van der Waals surface area (Å²) >= 11 is 0. The zero-order valence-electron chi connectivity index (χ0n) is 10.7. The van der Waals surface area contributed by atoms with Crippen LogP contribution >= 0.6 is 0 Å². The summed E-state index contributed by atoms with van der Waals surface area (Å²) in [5.74, 6) is 0.611. The lowest BCUT2D eigenvalue weighted by atomic mass is 10.0. The van der Waals surface area contributed by atoms with Crippen molar-refractivity contribution in [3.63, 3.8) is 0 Å². The lowest BCUT2D eigenvalue weighted by Gasteiger charge is -2.24. The van der Waals surface area contributed by atoms with Gasteiger partial charge in [0.15, 0.2) is 0 Å². The Balaban J connectivity index is 4.28. The van der Waals surface area contributed by atoms with Crippen LogP contribution in [0.1, 0.15) is 47.5 Å². The third-order valence-corrected chi connectivity index (χ3v) is 3.70. The molecule has 1 N–H and O–H groups in total. The number of nitrogens with one attached hydrogen (secondary N) is 1. The fraction of sp³-hybridized carbons (Fsp3) is 0.833. The Labute approximate surface area is 97.1 Å². The molecule has 15 heavy (non-hydrogen) atoms. The number of rotatable bonds is 6. The van der Waals surface area contributed by atoms with E-state index in [1.54, 1.807) is 0 Å². The van der Waals surface area contributed by atoms with Gasteiger partial charge in [-0.05, 0) is 39.5 Å². The maximum Gasteiger partial charge on any atom is 0.0972 e. The third-order valence-electron chi connectivity index (χ3n) is 2.04. The van der Waals surface area contributed by atoms with E-state index in [0.717, 1.165) is 12.8 Å². The highest BCUT2D eigenvalue weighted by atomic mass is 32.2. The van der Waals surface area contributed by atoms with E-state index in [-0.39, 0.29) is 10.8 Å². The molecule has 90 valence electrons. The van der Waals surface area contributed by atoms with Gasteiger partial charge in [0, 0.05) is 6.04 Å². The third kappa shape index (κ3) is 6.85. The van der Waals surface area contributed by atoms with Crippen LogP contribution in [0, 0.1) is 5.92 Å². The molecule has 0 aromatic rings. The molecule has 0 radical (unpaired) electrons. The normalized spacial score (nSPS) is 16.4. The quantitative estimate of drug-likeness (QED) is 0.700. The second kappa shape index (κ2) is 6.44. The van der Waals surface area contributed by atoms with E-state index in [1.165, 1.54) is 0 Å². The van der Waals surface area contributed by atoms with Gasteiger partial charge in [-0.1, -0.05) is 19.9 Å². The predicted octanol–water partition coefficient (Wildman–Crippen LogP) is 3.03. The van der Waals surface area contributed by atoms with Gasteiger partial charge in [-0.3, -0.25) is 0 Å². The van der Waals surface area contributed by atoms with E-state index in [1.807, 2.05) is 26.8 Å². The minimum absolute atomic E-state index is 0.198. The first-order chi connectivity index (χ1) is 6.77. The largest absolute Gasteiger partial charge is 0.242 e. The highest BCUT2D eigenvalue weighted by molar-refractivity contribution is 7.84. The Morgan fingerprint density at radius 2 is 1.93 bits per heavy atom. The average Bonchev–Trinajstić information content (AvgIpc) is 2.01. The maximum atomic E-state index is 11.9. The van der Waals surface area contributed by atoms with Crippen LogP contribution in [0.2, 0.25) is 0 Å². The predicted molar refractivity (Wildman–Crippen MR) is 69.1 cm³/mol. The fourth-order valence-corrected chi connectivity index (χ4v) is 2.14. The molecular weight excluding hydrogens is 206 g/mol. The summed E-state index contributed by atoms with van der Waals surface area (Å²) in [5, 5.41) is 0. The van der Waals surface area contributed by atoms with Gasteiger partial charge in [0.1, 0.15) is 0 Å². The van der Waals surface area contributed by atoms with E-state index < -0.39 is 11.0 Å². The Kier molecular flexibility index (Phi) is 6.37. The lowest BCUT2D eigenvalue weighted by Crippen LogP contribution is -2.40. The van der Waals surface area contributed by atoms with E-state index in [9.17, 15) is 4.21 Å². The maximum absolute atomic E-state index is 11.9. The zero-order chi connectivity index (χ0) is 12.1. The van der Waals surface area contributed by atoms with Crippen molar-refractivity contribution in [1.82, 2.24) is 4.72 Å². The van der Waals surface area contributed by atoms with Gasteiger partial charge < -0.3 is 0 Å². The molecule has 2 nitrogen and oxygen atoms in total. The molecule has 0 aliphatic carbocycles. The highest BCUT2D eigenvalue weighted by Crippen LogP contribution is 2.14. The first-order valence-electron chi connectivity index (χ1n) is 5.56. The molecule has 0 aliphatic rings. The van der Waals surface area contributed by atoms with Gasteiger partial charge in [0.05, 0.1) is 15.7 Å². The monoisotopic (exact) mass is 231 g/mol. The van der Waals surface area contributed by atoms with E-state index in [2.05, 4.69) is 25.1 Å². The summed E-state index contributed by atoms with van der Waals surface area (Å²) in [4.78, 5) is 0. The van der Waals surface area contributed by atoms with Crippen LogP contribution in [0.25, 0.3) is 0 Å². The van der Waals surface area contributed by atoms with Gasteiger partial charge in [0.2, 0.25) is 0 Å². The van der Waals surface area contributed by atoms with Gasteiger partial charge in [-0.25, -0.2) is 8.93 Å². The highest BCUT2D eigenvalue weighted by Gasteiger charge is 2.22. The van der Waals surface area contributed by atoms with Crippen LogP contribution in [0.3, 0.4) is 0 Å². The lowest BCUT2D eigenvalue weighted by molar-refractivity contribution is 0.469. The minimum Gasteiger partial charge on any atom is -0.242 e. The molecule has 0 bridgehead atoms. The van der Waals surface area contributed by atoms with Crippen molar-refractivity contribution in [2.75, 3.05) is 0 Å². The molecule has 0 unspecified atom stereocenters. The molecule has 0 rings (SSSR count). The van der Waals surface area contributed by atoms with Gasteiger partial charge in [0.25, 0.3) is 0 Å². The van der Waals surface area contributed by atoms with Crippen LogP contribution in [0.15, 0.2) is 12.7 Å². The van der Waals surface area contributed by atoms with Crippen molar-refractivity contribution in [2.24, 2.45) is 5.92 Å². The van der Waals surface area contributed by atoms with Crippen molar-refractivity contribution in [2.45, 2.75) is 58.2 Å². The molecular formula is C12H25NOS. The molecule has 0 saturated heterocycles. The molecule has 0 aromatic heterocycles. The Morgan fingerprint density at radius 1 is 1.40 bits per heavy atom. The summed E-state index contributed by atoms with van der Waals surface area (Å²) in [6.45, 7) is 14.0. The molecule has 2 atom stereocenters. The van der Waals surface area contributed by atoms with Crippen molar-refractivity contribution in [3.05, 3.63) is 12.7 Å². The molecule has 0 spiro atoms. The summed E-state index contributed by atoms with van der Waals surface area (Å²) in [6, 6.07) is 0.280. The standard InChI is InChI=1S/C12H25NOS/c1-7-8-11(9-10(2)3)13-15(14)12(4,5)6/h7,10-11,13H,1,8-9H2,2-6H3/t11-,15+/m0/s1. The Bertz CT molecular complexity index is 218. The number of hydrogen-bond donors (Lipinski definition) is 1. The minimum atomic E-state index is -0.983. The first kappa shape index (κ1) is 14.8. The SMILES string of the molecule is C=CC[C@@H](CC(C)C)N[S@](=O)C(C)(C)C. The summed E-state index contributed by atoms with van der Waals surface area (Å²) < 4.78 is 14.9. The van der Waals surface area contributed by atoms with Crippen LogP contribution in [-0.2, 0) is 11.0 Å². The average molecular weight is 231 g/mol. The molecule has 0 fully saturated rings. The molecule has 0 aliphatic heterocycles. The molecule has 0 aromatic carbocycles. The molecule has 0 saturated carbocycles. The van der Waals surface area contributed by atoms with Crippen LogP contribution in [-0.4, -0.2) is 15.0 Å². The molecule has 3 heteroatoms. The second-order valence-corrected chi connectivity index (χ2v) is 7.35. The molecule has 0 amide bonds. The summed E-state index contributed by atoms with van der Waals surface area (Å²) in [7, 11) is -0.983. The van der Waals surface area contributed by atoms with Crippen molar-refractivity contribution >= 4 is 11.0 Å². The van der Waals surface area contributed by atoms with E-state index in [4.69, 9.17) is 0 Å². The van der Waals surface area contributed by atoms with Crippen molar-refractivity contribution in [3.8, 4) is 0 Å².